The minimum absolute atomic E-state index is 0.134. The van der Waals surface area contributed by atoms with E-state index in [9.17, 15) is 34.8 Å². The van der Waals surface area contributed by atoms with E-state index in [1.807, 2.05) is 13.2 Å². The summed E-state index contributed by atoms with van der Waals surface area (Å²) in [6.45, 7) is 2.03. The summed E-state index contributed by atoms with van der Waals surface area (Å²) in [5.41, 5.74) is -0.751. The lowest BCUT2D eigenvalue weighted by Gasteiger charge is -2.26. The van der Waals surface area contributed by atoms with Crippen LogP contribution in [-0.2, 0) is 26.2 Å². The van der Waals surface area contributed by atoms with Gasteiger partial charge in [-0.05, 0) is 66.8 Å². The quantitative estimate of drug-likeness (QED) is 0.363. The maximum atomic E-state index is 13.2. The Kier molecular flexibility index (Phi) is 9.43. The van der Waals surface area contributed by atoms with Crippen LogP contribution in [-0.4, -0.2) is 64.7 Å². The fourth-order valence-electron chi connectivity index (χ4n) is 4.39. The van der Waals surface area contributed by atoms with Crippen molar-refractivity contribution in [3.05, 3.63) is 58.6 Å². The summed E-state index contributed by atoms with van der Waals surface area (Å²) < 4.78 is 88.0. The molecule has 2 aromatic rings. The zero-order chi connectivity index (χ0) is 30.1. The minimum atomic E-state index is -4.62. The van der Waals surface area contributed by atoms with Crippen LogP contribution in [0.15, 0.2) is 47.6 Å². The molecule has 0 radical (unpaired) electrons. The molecule has 9 nitrogen and oxygen atoms in total. The Morgan fingerprint density at radius 3 is 2.23 bits per heavy atom. The van der Waals surface area contributed by atoms with Crippen molar-refractivity contribution >= 4 is 66.5 Å². The molecule has 0 aliphatic carbocycles. The van der Waals surface area contributed by atoms with Crippen LogP contribution >= 0.6 is 23.4 Å². The third kappa shape index (κ3) is 7.42. The van der Waals surface area contributed by atoms with Crippen molar-refractivity contribution in [3.63, 3.8) is 0 Å². The van der Waals surface area contributed by atoms with Crippen molar-refractivity contribution in [3.8, 4) is 0 Å². The number of hydrogen-bond donors (Lipinski definition) is 1. The molecule has 220 valence electrons. The van der Waals surface area contributed by atoms with E-state index in [0.29, 0.717) is 17.7 Å². The van der Waals surface area contributed by atoms with Crippen molar-refractivity contribution in [2.75, 3.05) is 40.1 Å². The zero-order valence-electron chi connectivity index (χ0n) is 22.0. The predicted octanol–water partition coefficient (Wildman–Crippen LogP) is 5.49. The summed E-state index contributed by atoms with van der Waals surface area (Å²) in [7, 11) is -8.27. The molecule has 2 aromatic carbocycles. The van der Waals surface area contributed by atoms with Gasteiger partial charge in [0.25, 0.3) is 0 Å². The summed E-state index contributed by atoms with van der Waals surface area (Å²) >= 11 is 7.61. The monoisotopic (exact) mass is 640 g/mol. The van der Waals surface area contributed by atoms with Gasteiger partial charge in [0, 0.05) is 11.1 Å². The van der Waals surface area contributed by atoms with Gasteiger partial charge in [-0.25, -0.2) is 26.6 Å². The van der Waals surface area contributed by atoms with Crippen LogP contribution in [0.2, 0.25) is 5.02 Å². The third-order valence-electron chi connectivity index (χ3n) is 6.08. The molecule has 16 heteroatoms. The number of urea groups is 1. The van der Waals surface area contributed by atoms with Gasteiger partial charge in [-0.3, -0.25) is 0 Å². The number of rotatable bonds is 9. The molecule has 1 heterocycles. The van der Waals surface area contributed by atoms with Gasteiger partial charge in [0.05, 0.1) is 41.0 Å². The van der Waals surface area contributed by atoms with Crippen LogP contribution < -0.4 is 9.03 Å². The van der Waals surface area contributed by atoms with Crippen LogP contribution in [0.3, 0.4) is 0 Å². The number of benzene rings is 2. The Morgan fingerprint density at radius 1 is 1.12 bits per heavy atom. The van der Waals surface area contributed by atoms with Crippen molar-refractivity contribution in [1.82, 2.24) is 5.01 Å². The maximum Gasteiger partial charge on any atom is 0.417 e. The molecule has 0 fully saturated rings. The minimum Gasteiger partial charge on any atom is -0.306 e. The van der Waals surface area contributed by atoms with Gasteiger partial charge < -0.3 is 5.32 Å². The van der Waals surface area contributed by atoms with Gasteiger partial charge in [-0.15, -0.1) is 0 Å². The summed E-state index contributed by atoms with van der Waals surface area (Å²) in [6, 6.07) is 7.87. The predicted molar refractivity (Wildman–Crippen MR) is 153 cm³/mol. The number of anilines is 2. The molecule has 3 rings (SSSR count). The number of nitrogens with zero attached hydrogens (tertiary/aromatic N) is 3. The summed E-state index contributed by atoms with van der Waals surface area (Å²) in [6.07, 6.45) is 0.239. The molecule has 1 unspecified atom stereocenters. The molecule has 1 atom stereocenters. The number of hydrazone groups is 1. The smallest absolute Gasteiger partial charge is 0.306 e. The van der Waals surface area contributed by atoms with Crippen LogP contribution in [0.4, 0.5) is 29.3 Å². The van der Waals surface area contributed by atoms with Gasteiger partial charge in [0.1, 0.15) is 0 Å². The second kappa shape index (κ2) is 11.8. The highest BCUT2D eigenvalue weighted by molar-refractivity contribution is 8.09. The van der Waals surface area contributed by atoms with E-state index < -0.39 is 48.3 Å². The van der Waals surface area contributed by atoms with E-state index in [2.05, 4.69) is 10.4 Å². The average molecular weight is 641 g/mol. The van der Waals surface area contributed by atoms with Crippen LogP contribution in [0.25, 0.3) is 0 Å². The molecule has 0 spiro atoms. The van der Waals surface area contributed by atoms with Gasteiger partial charge in [0.15, 0.2) is 0 Å². The number of carbonyl (C=O) groups excluding carboxylic acids is 1. The molecule has 1 aliphatic rings. The van der Waals surface area contributed by atoms with Crippen molar-refractivity contribution < 1.29 is 34.8 Å². The van der Waals surface area contributed by atoms with E-state index in [4.69, 9.17) is 11.6 Å². The SMILES string of the molecule is CSCCCC1(C)CN(C(=O)Nc2ccc(N(S(C)(=O)=O)S(C)(=O)=O)cc2)N=C1c1ccc(C(F)(F)F)c(Cl)c1. The molecule has 0 aromatic heterocycles. The number of nitrogens with one attached hydrogen (secondary N) is 1. The van der Waals surface area contributed by atoms with Crippen molar-refractivity contribution in [2.45, 2.75) is 25.9 Å². The number of halogens is 4. The first-order chi connectivity index (χ1) is 18.4. The van der Waals surface area contributed by atoms with Crippen LogP contribution in [0.1, 0.15) is 30.9 Å². The molecular weight excluding hydrogens is 613 g/mol. The second-order valence-corrected chi connectivity index (χ2v) is 14.8. The number of amides is 2. The summed E-state index contributed by atoms with van der Waals surface area (Å²) in [5.74, 6) is 0.840. The van der Waals surface area contributed by atoms with E-state index in [0.717, 1.165) is 30.8 Å². The van der Waals surface area contributed by atoms with E-state index in [1.165, 1.54) is 41.4 Å². The first kappa shape index (κ1) is 32.0. The lowest BCUT2D eigenvalue weighted by molar-refractivity contribution is -0.137. The van der Waals surface area contributed by atoms with Crippen LogP contribution in [0, 0.1) is 5.41 Å². The van der Waals surface area contributed by atoms with E-state index in [-0.39, 0.29) is 21.6 Å². The molecule has 2 amide bonds. The Bertz CT molecular complexity index is 1490. The molecule has 1 N–H and O–H groups in total. The topological polar surface area (TPSA) is 116 Å². The standard InChI is InChI=1S/C24H28ClF3N4O5S3/c1-23(12-5-13-38-2)15-31(30-21(23)16-6-11-19(20(25)14-16)24(26,27)28)22(33)29-17-7-9-18(10-8-17)32(39(3,34)35)40(4,36)37/h6-11,14H,5,12-13,15H2,1-4H3,(H,29,33). The fourth-order valence-corrected chi connectivity index (χ4v) is 8.08. The highest BCUT2D eigenvalue weighted by atomic mass is 35.5. The first-order valence-electron chi connectivity index (χ1n) is 11.7. The number of thioether (sulfide) groups is 1. The largest absolute Gasteiger partial charge is 0.417 e. The lowest BCUT2D eigenvalue weighted by Crippen LogP contribution is -2.36. The highest BCUT2D eigenvalue weighted by Crippen LogP contribution is 2.39. The number of alkyl halides is 3. The van der Waals surface area contributed by atoms with Crippen molar-refractivity contribution in [2.24, 2.45) is 10.5 Å². The molecule has 0 saturated heterocycles. The maximum absolute atomic E-state index is 13.2. The summed E-state index contributed by atoms with van der Waals surface area (Å²) in [4.78, 5) is 13.1. The molecule has 0 bridgehead atoms. The molecule has 1 aliphatic heterocycles. The van der Waals surface area contributed by atoms with Crippen molar-refractivity contribution in [1.29, 1.82) is 0 Å². The number of sulfonamides is 2. The van der Waals surface area contributed by atoms with Gasteiger partial charge in [0.2, 0.25) is 20.0 Å². The number of carbonyl (C=O) groups is 1. The Balaban J connectivity index is 1.89. The normalized spacial score (nSPS) is 18.0. The van der Waals surface area contributed by atoms with Crippen LogP contribution in [0.5, 0.6) is 0 Å². The van der Waals surface area contributed by atoms with Gasteiger partial charge in [-0.2, -0.15) is 33.7 Å². The Morgan fingerprint density at radius 2 is 1.73 bits per heavy atom. The highest BCUT2D eigenvalue weighted by Gasteiger charge is 2.42. The fraction of sp³-hybridized carbons (Fsp3) is 0.417. The summed E-state index contributed by atoms with van der Waals surface area (Å²) in [5, 5.41) is 7.78. The Labute approximate surface area is 240 Å². The first-order valence-corrected chi connectivity index (χ1v) is 17.2. The number of hydrogen-bond acceptors (Lipinski definition) is 7. The van der Waals surface area contributed by atoms with E-state index >= 15 is 0 Å². The van der Waals surface area contributed by atoms with Gasteiger partial charge >= 0.3 is 12.2 Å². The zero-order valence-corrected chi connectivity index (χ0v) is 25.2. The average Bonchev–Trinajstić information content (AvgIpc) is 3.15. The molecule has 0 saturated carbocycles. The lowest BCUT2D eigenvalue weighted by atomic mass is 9.78. The van der Waals surface area contributed by atoms with E-state index in [1.54, 1.807) is 11.8 Å². The third-order valence-corrected chi connectivity index (χ3v) is 10.3. The Hall–Kier alpha value is -2.49. The molecule has 40 heavy (non-hydrogen) atoms. The van der Waals surface area contributed by atoms with Gasteiger partial charge in [-0.1, -0.05) is 24.6 Å². The second-order valence-electron chi connectivity index (χ2n) is 9.56. The molecular formula is C24H28ClF3N4O5S3.